The maximum absolute atomic E-state index is 12.3. The van der Waals surface area contributed by atoms with Crippen molar-refractivity contribution in [3.05, 3.63) is 24.3 Å². The van der Waals surface area contributed by atoms with Crippen LogP contribution in [0.2, 0.25) is 0 Å². The Balaban J connectivity index is 1.98. The Morgan fingerprint density at radius 1 is 1.13 bits per heavy atom. The van der Waals surface area contributed by atoms with Gasteiger partial charge in [-0.1, -0.05) is 0 Å². The lowest BCUT2D eigenvalue weighted by molar-refractivity contribution is -0.276. The molecule has 1 aromatic rings. The van der Waals surface area contributed by atoms with Gasteiger partial charge in [0.1, 0.15) is 5.75 Å². The molecule has 1 fully saturated rings. The van der Waals surface area contributed by atoms with E-state index in [0.717, 1.165) is 12.1 Å². The second-order valence-corrected chi connectivity index (χ2v) is 6.06. The molecule has 1 aromatic carbocycles. The maximum atomic E-state index is 12.3. The van der Waals surface area contributed by atoms with Gasteiger partial charge in [-0.25, -0.2) is 0 Å². The minimum atomic E-state index is -4.75. The van der Waals surface area contributed by atoms with E-state index in [0.29, 0.717) is 5.69 Å². The Bertz CT molecular complexity index is 559. The number of halogens is 3. The lowest BCUT2D eigenvalue weighted by Crippen LogP contribution is -2.50. The number of anilines is 1. The molecular weight excluding hydrogens is 315 g/mol. The molecule has 0 atom stereocenters. The van der Waals surface area contributed by atoms with Crippen LogP contribution in [0.3, 0.4) is 0 Å². The van der Waals surface area contributed by atoms with Gasteiger partial charge in [0.15, 0.2) is 5.79 Å². The largest absolute Gasteiger partial charge is 0.573 e. The summed E-state index contributed by atoms with van der Waals surface area (Å²) >= 11 is 0. The van der Waals surface area contributed by atoms with Gasteiger partial charge < -0.3 is 19.5 Å². The fourth-order valence-corrected chi connectivity index (χ4v) is 1.90. The molecule has 23 heavy (non-hydrogen) atoms. The van der Waals surface area contributed by atoms with Crippen molar-refractivity contribution in [1.82, 2.24) is 0 Å². The average molecular weight is 333 g/mol. The molecule has 1 N–H and O–H groups in total. The molecule has 0 saturated carbocycles. The van der Waals surface area contributed by atoms with Gasteiger partial charge in [0.05, 0.1) is 18.6 Å². The number of hydrogen-bond donors (Lipinski definition) is 1. The number of carbonyl (C=O) groups excluding carboxylic acids is 1. The minimum absolute atomic E-state index is 0.182. The number of amides is 1. The van der Waals surface area contributed by atoms with Gasteiger partial charge >= 0.3 is 6.36 Å². The first-order valence-electron chi connectivity index (χ1n) is 6.94. The van der Waals surface area contributed by atoms with E-state index >= 15 is 0 Å². The Morgan fingerprint density at radius 2 is 1.65 bits per heavy atom. The van der Waals surface area contributed by atoms with Gasteiger partial charge in [-0.2, -0.15) is 0 Å². The van der Waals surface area contributed by atoms with Crippen LogP contribution in [0.4, 0.5) is 18.9 Å². The molecule has 8 heteroatoms. The minimum Gasteiger partial charge on any atom is -0.406 e. The average Bonchev–Trinajstić information content (AvgIpc) is 2.43. The van der Waals surface area contributed by atoms with Crippen molar-refractivity contribution in [2.75, 3.05) is 18.5 Å². The van der Waals surface area contributed by atoms with E-state index < -0.39 is 17.6 Å². The molecule has 1 amide bonds. The summed E-state index contributed by atoms with van der Waals surface area (Å²) in [6, 6.07) is 4.92. The van der Waals surface area contributed by atoms with Gasteiger partial charge in [0.2, 0.25) is 5.91 Å². The summed E-state index contributed by atoms with van der Waals surface area (Å²) in [5, 5.41) is 2.63. The molecule has 0 aliphatic carbocycles. The van der Waals surface area contributed by atoms with Crippen LogP contribution in [0, 0.1) is 5.41 Å². The van der Waals surface area contributed by atoms with E-state index in [4.69, 9.17) is 9.47 Å². The summed E-state index contributed by atoms with van der Waals surface area (Å²) in [5.74, 6) is -1.43. The molecule has 1 aliphatic rings. The molecule has 1 aliphatic heterocycles. The zero-order valence-electron chi connectivity index (χ0n) is 13.0. The van der Waals surface area contributed by atoms with Crippen LogP contribution >= 0.6 is 0 Å². The zero-order chi connectivity index (χ0) is 17.3. The van der Waals surface area contributed by atoms with Crippen LogP contribution in [0.5, 0.6) is 5.75 Å². The predicted octanol–water partition coefficient (Wildman–Crippen LogP) is 3.31. The molecule has 0 bridgehead atoms. The van der Waals surface area contributed by atoms with Gasteiger partial charge in [0.25, 0.3) is 0 Å². The highest BCUT2D eigenvalue weighted by Crippen LogP contribution is 2.31. The zero-order valence-corrected chi connectivity index (χ0v) is 13.0. The van der Waals surface area contributed by atoms with Crippen molar-refractivity contribution in [2.24, 2.45) is 5.41 Å². The third kappa shape index (κ3) is 4.84. The van der Waals surface area contributed by atoms with Crippen LogP contribution < -0.4 is 10.1 Å². The number of nitrogens with one attached hydrogen (secondary N) is 1. The third-order valence-corrected chi connectivity index (χ3v) is 3.37. The molecule has 1 heterocycles. The number of carbonyl (C=O) groups is 1. The Labute approximate surface area is 131 Å². The second kappa shape index (κ2) is 6.01. The fraction of sp³-hybridized carbons (Fsp3) is 0.533. The summed E-state index contributed by atoms with van der Waals surface area (Å²) in [6.07, 6.45) is -4.75. The lowest BCUT2D eigenvalue weighted by atomic mass is 9.90. The number of rotatable bonds is 3. The Morgan fingerprint density at radius 3 is 2.13 bits per heavy atom. The summed E-state index contributed by atoms with van der Waals surface area (Å²) in [7, 11) is 0. The molecule has 0 radical (unpaired) electrons. The van der Waals surface area contributed by atoms with E-state index in [1.807, 2.05) is 0 Å². The molecule has 0 spiro atoms. The van der Waals surface area contributed by atoms with Crippen LogP contribution in [0.15, 0.2) is 24.3 Å². The smallest absolute Gasteiger partial charge is 0.406 e. The summed E-state index contributed by atoms with van der Waals surface area (Å²) in [4.78, 5) is 12.3. The van der Waals surface area contributed by atoms with Crippen molar-refractivity contribution in [3.63, 3.8) is 0 Å². The highest BCUT2D eigenvalue weighted by atomic mass is 19.4. The molecule has 5 nitrogen and oxygen atoms in total. The SMILES string of the molecule is CC1(C)OCC(C)(C(=O)Nc2ccc(OC(F)(F)F)cc2)CO1. The summed E-state index contributed by atoms with van der Waals surface area (Å²) in [6.45, 7) is 5.56. The third-order valence-electron chi connectivity index (χ3n) is 3.37. The van der Waals surface area contributed by atoms with Crippen LogP contribution in [-0.2, 0) is 14.3 Å². The van der Waals surface area contributed by atoms with Crippen LogP contribution in [0.25, 0.3) is 0 Å². The monoisotopic (exact) mass is 333 g/mol. The molecule has 1 saturated heterocycles. The number of alkyl halides is 3. The first kappa shape index (κ1) is 17.6. The normalized spacial score (nSPS) is 19.9. The highest BCUT2D eigenvalue weighted by Gasteiger charge is 2.42. The van der Waals surface area contributed by atoms with Gasteiger partial charge in [0, 0.05) is 5.69 Å². The number of hydrogen-bond acceptors (Lipinski definition) is 4. The molecular formula is C15H18F3NO4. The van der Waals surface area contributed by atoms with Gasteiger partial charge in [-0.3, -0.25) is 4.79 Å². The van der Waals surface area contributed by atoms with Gasteiger partial charge in [-0.05, 0) is 45.0 Å². The van der Waals surface area contributed by atoms with E-state index in [9.17, 15) is 18.0 Å². The topological polar surface area (TPSA) is 56.8 Å². The first-order valence-corrected chi connectivity index (χ1v) is 6.94. The van der Waals surface area contributed by atoms with Crippen LogP contribution in [0.1, 0.15) is 20.8 Å². The molecule has 128 valence electrons. The fourth-order valence-electron chi connectivity index (χ4n) is 1.90. The number of ether oxygens (including phenoxy) is 3. The standard InChI is InChI=1S/C15H18F3NO4/c1-13(2)21-8-14(3,9-22-13)12(20)19-10-4-6-11(7-5-10)23-15(16,17)18/h4-7H,8-9H2,1-3H3,(H,19,20). The van der Waals surface area contributed by atoms with E-state index in [2.05, 4.69) is 10.1 Å². The molecule has 0 unspecified atom stereocenters. The van der Waals surface area contributed by atoms with E-state index in [1.165, 1.54) is 12.1 Å². The van der Waals surface area contributed by atoms with Crippen molar-refractivity contribution in [2.45, 2.75) is 32.9 Å². The van der Waals surface area contributed by atoms with Crippen molar-refractivity contribution in [1.29, 1.82) is 0 Å². The van der Waals surface area contributed by atoms with Crippen LogP contribution in [-0.4, -0.2) is 31.3 Å². The van der Waals surface area contributed by atoms with E-state index in [-0.39, 0.29) is 24.9 Å². The van der Waals surface area contributed by atoms with Crippen molar-refractivity contribution >= 4 is 11.6 Å². The number of benzene rings is 1. The highest BCUT2D eigenvalue weighted by molar-refractivity contribution is 5.95. The molecule has 0 aromatic heterocycles. The Hall–Kier alpha value is -1.80. The summed E-state index contributed by atoms with van der Waals surface area (Å²) in [5.41, 5.74) is -0.521. The first-order chi connectivity index (χ1) is 10.5. The van der Waals surface area contributed by atoms with Gasteiger partial charge in [-0.15, -0.1) is 13.2 Å². The quantitative estimate of drug-likeness (QED) is 0.922. The maximum Gasteiger partial charge on any atom is 0.573 e. The molecule has 2 rings (SSSR count). The van der Waals surface area contributed by atoms with Crippen molar-refractivity contribution < 1.29 is 32.2 Å². The second-order valence-electron chi connectivity index (χ2n) is 6.06. The van der Waals surface area contributed by atoms with E-state index in [1.54, 1.807) is 20.8 Å². The van der Waals surface area contributed by atoms with Crippen molar-refractivity contribution in [3.8, 4) is 5.75 Å². The lowest BCUT2D eigenvalue weighted by Gasteiger charge is -2.40. The Kier molecular flexibility index (Phi) is 4.59. The summed E-state index contributed by atoms with van der Waals surface area (Å²) < 4.78 is 51.0. The predicted molar refractivity (Wildman–Crippen MR) is 75.8 cm³/mol.